The molecule has 0 unspecified atom stereocenters. The molecule has 3 heterocycles. The van der Waals surface area contributed by atoms with Gasteiger partial charge in [-0.25, -0.2) is 9.67 Å². The molecule has 1 aromatic carbocycles. The van der Waals surface area contributed by atoms with Gasteiger partial charge in [0, 0.05) is 5.39 Å². The maximum atomic E-state index is 12.2. The molecule has 0 aliphatic carbocycles. The Kier molecular flexibility index (Phi) is 3.40. The molecule has 120 valence electrons. The molecule has 0 atom stereocenters. The molecule has 1 N–H and O–H groups in total. The second-order valence-corrected chi connectivity index (χ2v) is 5.84. The Labute approximate surface area is 143 Å². The van der Waals surface area contributed by atoms with E-state index in [0.717, 1.165) is 4.68 Å². The van der Waals surface area contributed by atoms with Crippen LogP contribution in [0.25, 0.3) is 22.1 Å². The van der Waals surface area contributed by atoms with Gasteiger partial charge in [0.15, 0.2) is 0 Å². The highest BCUT2D eigenvalue weighted by Crippen LogP contribution is 2.24. The molecule has 9 heteroatoms. The summed E-state index contributed by atoms with van der Waals surface area (Å²) >= 11 is 11.6. The maximum Gasteiger partial charge on any atom is 0.294 e. The van der Waals surface area contributed by atoms with Gasteiger partial charge < -0.3 is 9.40 Å². The van der Waals surface area contributed by atoms with E-state index in [1.807, 2.05) is 6.07 Å². The zero-order chi connectivity index (χ0) is 16.8. The molecule has 0 aliphatic rings. The Balaban J connectivity index is 1.89. The van der Waals surface area contributed by atoms with Crippen molar-refractivity contribution in [1.82, 2.24) is 19.7 Å². The monoisotopic (exact) mass is 362 g/mol. The number of aromatic amines is 1. The lowest BCUT2D eigenvalue weighted by atomic mass is 10.2. The Morgan fingerprint density at radius 1 is 1.21 bits per heavy atom. The number of fused-ring (bicyclic) bond motifs is 3. The number of rotatable bonds is 2. The van der Waals surface area contributed by atoms with Crippen molar-refractivity contribution in [3.05, 3.63) is 67.0 Å². The Bertz CT molecular complexity index is 1210. The number of halogens is 2. The van der Waals surface area contributed by atoms with E-state index in [1.165, 1.54) is 6.20 Å². The molecular weight excluding hydrogens is 355 g/mol. The third-order valence-electron chi connectivity index (χ3n) is 3.52. The van der Waals surface area contributed by atoms with Crippen molar-refractivity contribution in [2.24, 2.45) is 0 Å². The van der Waals surface area contributed by atoms with Crippen LogP contribution in [0, 0.1) is 0 Å². The quantitative estimate of drug-likeness (QED) is 0.591. The van der Waals surface area contributed by atoms with E-state index in [2.05, 4.69) is 15.1 Å². The van der Waals surface area contributed by atoms with Gasteiger partial charge in [-0.1, -0.05) is 35.3 Å². The van der Waals surface area contributed by atoms with Crippen LogP contribution in [0.2, 0.25) is 10.0 Å². The van der Waals surface area contributed by atoms with E-state index >= 15 is 0 Å². The smallest absolute Gasteiger partial charge is 0.294 e. The van der Waals surface area contributed by atoms with Gasteiger partial charge in [0.05, 0.1) is 11.2 Å². The lowest BCUT2D eigenvalue weighted by Crippen LogP contribution is -2.25. The number of hydrogen-bond acceptors (Lipinski definition) is 5. The molecule has 0 saturated heterocycles. The zero-order valence-corrected chi connectivity index (χ0v) is 13.4. The van der Waals surface area contributed by atoms with Crippen molar-refractivity contribution < 1.29 is 4.42 Å². The highest BCUT2D eigenvalue weighted by atomic mass is 35.5. The summed E-state index contributed by atoms with van der Waals surface area (Å²) in [6.45, 7) is -0.0551. The molecule has 0 bridgehead atoms. The maximum absolute atomic E-state index is 12.2. The van der Waals surface area contributed by atoms with Gasteiger partial charge in [0.1, 0.15) is 28.5 Å². The van der Waals surface area contributed by atoms with Gasteiger partial charge in [-0.2, -0.15) is 5.10 Å². The van der Waals surface area contributed by atoms with E-state index in [4.69, 9.17) is 27.6 Å². The second-order valence-electron chi connectivity index (χ2n) is 5.06. The molecule has 0 aliphatic heterocycles. The number of aromatic nitrogens is 4. The van der Waals surface area contributed by atoms with Crippen molar-refractivity contribution in [2.45, 2.75) is 6.54 Å². The van der Waals surface area contributed by atoms with Crippen LogP contribution in [-0.4, -0.2) is 19.7 Å². The zero-order valence-electron chi connectivity index (χ0n) is 11.9. The van der Waals surface area contributed by atoms with E-state index < -0.39 is 11.1 Å². The van der Waals surface area contributed by atoms with Crippen molar-refractivity contribution in [3.63, 3.8) is 0 Å². The first kappa shape index (κ1) is 14.9. The SMILES string of the molecule is O=c1[nH]c(Cn2ncc(Cl)c(Cl)c2=O)nc2c1oc1ccccc12. The summed E-state index contributed by atoms with van der Waals surface area (Å²) in [5.41, 5.74) is 0.127. The van der Waals surface area contributed by atoms with Crippen LogP contribution in [0.3, 0.4) is 0 Å². The molecule has 24 heavy (non-hydrogen) atoms. The Hall–Kier alpha value is -2.64. The minimum Gasteiger partial charge on any atom is -0.449 e. The van der Waals surface area contributed by atoms with E-state index in [-0.39, 0.29) is 28.0 Å². The standard InChI is InChI=1S/C15H8Cl2N4O3/c16-8-5-18-21(15(23)11(8)17)6-10-19-12-7-3-1-2-4-9(7)24-13(12)14(22)20-10/h1-5H,6H2,(H,19,20,22). The summed E-state index contributed by atoms with van der Waals surface area (Å²) in [5, 5.41) is 4.54. The fraction of sp³-hybridized carbons (Fsp3) is 0.0667. The molecule has 0 spiro atoms. The Morgan fingerprint density at radius 2 is 2.00 bits per heavy atom. The van der Waals surface area contributed by atoms with Gasteiger partial charge in [0.25, 0.3) is 11.1 Å². The van der Waals surface area contributed by atoms with Crippen molar-refractivity contribution >= 4 is 45.3 Å². The van der Waals surface area contributed by atoms with E-state index in [9.17, 15) is 9.59 Å². The fourth-order valence-electron chi connectivity index (χ4n) is 2.42. The van der Waals surface area contributed by atoms with Gasteiger partial charge in [-0.05, 0) is 12.1 Å². The highest BCUT2D eigenvalue weighted by Gasteiger charge is 2.14. The predicted molar refractivity (Wildman–Crippen MR) is 89.8 cm³/mol. The summed E-state index contributed by atoms with van der Waals surface area (Å²) in [7, 11) is 0. The van der Waals surface area contributed by atoms with Crippen molar-refractivity contribution in [3.8, 4) is 0 Å². The van der Waals surface area contributed by atoms with Crippen LogP contribution < -0.4 is 11.1 Å². The summed E-state index contributed by atoms with van der Waals surface area (Å²) in [6.07, 6.45) is 1.26. The number of H-pyrrole nitrogens is 1. The van der Waals surface area contributed by atoms with Gasteiger partial charge in [0.2, 0.25) is 5.58 Å². The lowest BCUT2D eigenvalue weighted by Gasteiger charge is -2.05. The van der Waals surface area contributed by atoms with Crippen LogP contribution in [0.15, 0.2) is 44.5 Å². The number of para-hydroxylation sites is 1. The average Bonchev–Trinajstić information content (AvgIpc) is 2.95. The van der Waals surface area contributed by atoms with Crippen LogP contribution in [-0.2, 0) is 6.54 Å². The van der Waals surface area contributed by atoms with Gasteiger partial charge in [-0.15, -0.1) is 0 Å². The molecule has 3 aromatic heterocycles. The second kappa shape index (κ2) is 5.47. The highest BCUT2D eigenvalue weighted by molar-refractivity contribution is 6.41. The third kappa shape index (κ3) is 2.29. The van der Waals surface area contributed by atoms with Crippen molar-refractivity contribution in [2.75, 3.05) is 0 Å². The summed E-state index contributed by atoms with van der Waals surface area (Å²) < 4.78 is 6.59. The average molecular weight is 363 g/mol. The molecule has 0 fully saturated rings. The summed E-state index contributed by atoms with van der Waals surface area (Å²) in [5.74, 6) is 0.257. The Morgan fingerprint density at radius 3 is 2.83 bits per heavy atom. The molecule has 7 nitrogen and oxygen atoms in total. The largest absolute Gasteiger partial charge is 0.449 e. The summed E-state index contributed by atoms with van der Waals surface area (Å²) in [6, 6.07) is 7.19. The molecule has 0 saturated carbocycles. The number of nitrogens with one attached hydrogen (secondary N) is 1. The fourth-order valence-corrected chi connectivity index (χ4v) is 2.69. The van der Waals surface area contributed by atoms with E-state index in [1.54, 1.807) is 18.2 Å². The number of furan rings is 1. The van der Waals surface area contributed by atoms with E-state index in [0.29, 0.717) is 16.5 Å². The van der Waals surface area contributed by atoms with Gasteiger partial charge >= 0.3 is 0 Å². The topological polar surface area (TPSA) is 93.8 Å². The molecule has 0 radical (unpaired) electrons. The summed E-state index contributed by atoms with van der Waals surface area (Å²) in [4.78, 5) is 31.2. The molecule has 4 aromatic rings. The predicted octanol–water partition coefficient (Wildman–Crippen LogP) is 2.58. The van der Waals surface area contributed by atoms with Crippen LogP contribution >= 0.6 is 23.2 Å². The van der Waals surface area contributed by atoms with Crippen LogP contribution in [0.5, 0.6) is 0 Å². The third-order valence-corrected chi connectivity index (χ3v) is 4.27. The van der Waals surface area contributed by atoms with Crippen LogP contribution in [0.1, 0.15) is 5.82 Å². The lowest BCUT2D eigenvalue weighted by molar-refractivity contribution is 0.610. The molecular formula is C15H8Cl2N4O3. The normalized spacial score (nSPS) is 11.4. The number of hydrogen-bond donors (Lipinski definition) is 1. The van der Waals surface area contributed by atoms with Crippen LogP contribution in [0.4, 0.5) is 0 Å². The number of benzene rings is 1. The van der Waals surface area contributed by atoms with Gasteiger partial charge in [-0.3, -0.25) is 9.59 Å². The first-order valence-corrected chi connectivity index (χ1v) is 7.62. The minimum absolute atomic E-state index is 0.0551. The molecule has 0 amide bonds. The van der Waals surface area contributed by atoms with Crippen molar-refractivity contribution in [1.29, 1.82) is 0 Å². The first-order valence-electron chi connectivity index (χ1n) is 6.86. The molecule has 4 rings (SSSR count). The number of nitrogens with zero attached hydrogens (tertiary/aromatic N) is 3. The first-order chi connectivity index (χ1) is 11.5. The minimum atomic E-state index is -0.566.